The zero-order valence-corrected chi connectivity index (χ0v) is 24.0. The van der Waals surface area contributed by atoms with E-state index in [9.17, 15) is 14.4 Å². The quantitative estimate of drug-likeness (QED) is 0.268. The molecule has 39 heavy (non-hydrogen) atoms. The van der Waals surface area contributed by atoms with Gasteiger partial charge < -0.3 is 25.4 Å². The molecule has 3 amide bonds. The van der Waals surface area contributed by atoms with Crippen LogP contribution in [0.1, 0.15) is 29.2 Å². The van der Waals surface area contributed by atoms with Crippen LogP contribution in [-0.2, 0) is 0 Å². The van der Waals surface area contributed by atoms with E-state index in [0.29, 0.717) is 49.2 Å². The molecule has 0 aliphatic carbocycles. The summed E-state index contributed by atoms with van der Waals surface area (Å²) in [6.45, 7) is 2.37. The molecule has 0 saturated carbocycles. The zero-order chi connectivity index (χ0) is 27.5. The summed E-state index contributed by atoms with van der Waals surface area (Å²) in [4.78, 5) is 45.2. The Morgan fingerprint density at radius 3 is 2.59 bits per heavy atom. The van der Waals surface area contributed by atoms with Crippen LogP contribution in [0.2, 0.25) is 0 Å². The highest BCUT2D eigenvalue weighted by molar-refractivity contribution is 14.1. The van der Waals surface area contributed by atoms with Gasteiger partial charge in [-0.15, -0.1) is 0 Å². The molecule has 1 saturated heterocycles. The first-order chi connectivity index (χ1) is 18.8. The van der Waals surface area contributed by atoms with Gasteiger partial charge in [-0.2, -0.15) is 5.10 Å². The van der Waals surface area contributed by atoms with Crippen molar-refractivity contribution < 1.29 is 9.59 Å². The van der Waals surface area contributed by atoms with E-state index in [0.717, 1.165) is 21.3 Å². The second-order valence-corrected chi connectivity index (χ2v) is 11.1. The molecule has 3 heterocycles. The van der Waals surface area contributed by atoms with E-state index in [1.54, 1.807) is 20.3 Å². The fourth-order valence-corrected chi connectivity index (χ4v) is 5.18. The highest BCUT2D eigenvalue weighted by Gasteiger charge is 2.27. The number of imidazole rings is 1. The van der Waals surface area contributed by atoms with Gasteiger partial charge in [-0.25, -0.2) is 14.3 Å². The number of halogens is 1. The van der Waals surface area contributed by atoms with Gasteiger partial charge in [-0.1, -0.05) is 6.07 Å². The van der Waals surface area contributed by atoms with Gasteiger partial charge in [0, 0.05) is 47.7 Å². The van der Waals surface area contributed by atoms with E-state index < -0.39 is 0 Å². The molecule has 3 N–H and O–H groups in total. The number of hydrogen-bond donors (Lipinski definition) is 3. The van der Waals surface area contributed by atoms with Gasteiger partial charge >= 0.3 is 11.7 Å². The lowest BCUT2D eigenvalue weighted by Gasteiger charge is -2.32. The van der Waals surface area contributed by atoms with E-state index in [2.05, 4.69) is 43.3 Å². The Bertz CT molecular complexity index is 1530. The lowest BCUT2D eigenvalue weighted by molar-refractivity contribution is 0.0951. The number of H-pyrrole nitrogens is 1. The van der Waals surface area contributed by atoms with Gasteiger partial charge in [-0.05, 0) is 85.9 Å². The Balaban J connectivity index is 1.29. The minimum absolute atomic E-state index is 0.0421. The number of aromatic amines is 1. The van der Waals surface area contributed by atoms with Crippen molar-refractivity contribution >= 4 is 51.2 Å². The normalized spacial score (nSPS) is 14.2. The summed E-state index contributed by atoms with van der Waals surface area (Å²) in [7, 11) is 3.90. The van der Waals surface area contributed by atoms with E-state index >= 15 is 0 Å². The van der Waals surface area contributed by atoms with Crippen LogP contribution in [0, 0.1) is 3.57 Å². The van der Waals surface area contributed by atoms with Crippen molar-refractivity contribution in [1.29, 1.82) is 0 Å². The Morgan fingerprint density at radius 2 is 1.87 bits per heavy atom. The van der Waals surface area contributed by atoms with E-state index in [4.69, 9.17) is 0 Å². The van der Waals surface area contributed by atoms with Crippen molar-refractivity contribution in [2.75, 3.05) is 45.6 Å². The van der Waals surface area contributed by atoms with Gasteiger partial charge in [0.2, 0.25) is 0 Å². The Kier molecular flexibility index (Phi) is 8.02. The number of nitrogens with one attached hydrogen (secondary N) is 3. The van der Waals surface area contributed by atoms with Crippen LogP contribution >= 0.6 is 22.6 Å². The van der Waals surface area contributed by atoms with Crippen molar-refractivity contribution in [3.05, 3.63) is 74.5 Å². The van der Waals surface area contributed by atoms with Crippen molar-refractivity contribution in [3.63, 3.8) is 0 Å². The number of carbonyl (C=O) groups excluding carboxylic acids is 2. The minimum atomic E-state index is -0.201. The largest absolute Gasteiger partial charge is 0.351 e. The molecule has 0 unspecified atom stereocenters. The molecule has 0 atom stereocenters. The van der Waals surface area contributed by atoms with Crippen molar-refractivity contribution in [1.82, 2.24) is 34.4 Å². The second kappa shape index (κ2) is 11.6. The maximum atomic E-state index is 13.1. The average Bonchev–Trinajstić information content (AvgIpc) is 3.54. The summed E-state index contributed by atoms with van der Waals surface area (Å²) in [6.07, 6.45) is 4.52. The smallest absolute Gasteiger partial charge is 0.326 e. The maximum Gasteiger partial charge on any atom is 0.326 e. The number of hydrogen-bond acceptors (Lipinski definition) is 5. The number of carbonyl (C=O) groups is 2. The molecule has 0 bridgehead atoms. The fourth-order valence-electron chi connectivity index (χ4n) is 4.82. The number of urea groups is 1. The summed E-state index contributed by atoms with van der Waals surface area (Å²) in [5.41, 5.74) is 3.12. The molecule has 2 aromatic heterocycles. The predicted molar refractivity (Wildman–Crippen MR) is 159 cm³/mol. The van der Waals surface area contributed by atoms with E-state index in [-0.39, 0.29) is 23.7 Å². The number of piperidine rings is 1. The summed E-state index contributed by atoms with van der Waals surface area (Å²) >= 11 is 2.23. The Hall–Kier alpha value is -3.65. The molecular weight excluding hydrogens is 611 g/mol. The van der Waals surface area contributed by atoms with Gasteiger partial charge in [0.05, 0.1) is 28.5 Å². The maximum absolute atomic E-state index is 13.1. The SMILES string of the molecule is CN(C)CCNC(=O)c1cnn(-c2cccc3c2[nH]c(=O)n3C2CCN(C(=O)Nc3ccc(I)cc3)CC2)c1. The third kappa shape index (κ3) is 6.01. The molecule has 1 aliphatic heterocycles. The van der Waals surface area contributed by atoms with Crippen LogP contribution in [0.3, 0.4) is 0 Å². The number of rotatable bonds is 7. The molecule has 4 aromatic rings. The summed E-state index contributed by atoms with van der Waals surface area (Å²) in [6, 6.07) is 13.1. The molecule has 204 valence electrons. The monoisotopic (exact) mass is 642 g/mol. The van der Waals surface area contributed by atoms with Crippen LogP contribution in [0.25, 0.3) is 16.7 Å². The third-order valence-electron chi connectivity index (χ3n) is 6.88. The highest BCUT2D eigenvalue weighted by Crippen LogP contribution is 2.27. The third-order valence-corrected chi connectivity index (χ3v) is 7.60. The van der Waals surface area contributed by atoms with Crippen LogP contribution in [0.4, 0.5) is 10.5 Å². The van der Waals surface area contributed by atoms with E-state index in [1.807, 2.05) is 61.5 Å². The number of likely N-dealkylation sites (N-methyl/N-ethyl adjacent to an activating group) is 1. The van der Waals surface area contributed by atoms with Crippen LogP contribution < -0.4 is 16.3 Å². The predicted octanol–water partition coefficient (Wildman–Crippen LogP) is 3.28. The number of amides is 3. The highest BCUT2D eigenvalue weighted by atomic mass is 127. The molecule has 12 heteroatoms. The Morgan fingerprint density at radius 1 is 1.13 bits per heavy atom. The van der Waals surface area contributed by atoms with Crippen LogP contribution in [0.5, 0.6) is 0 Å². The molecule has 2 aromatic carbocycles. The number of aromatic nitrogens is 4. The first kappa shape index (κ1) is 26.9. The van der Waals surface area contributed by atoms with Crippen molar-refractivity contribution in [2.24, 2.45) is 0 Å². The van der Waals surface area contributed by atoms with Crippen LogP contribution in [-0.4, -0.2) is 81.3 Å². The average molecular weight is 643 g/mol. The summed E-state index contributed by atoms with van der Waals surface area (Å²) in [5, 5.41) is 10.2. The zero-order valence-electron chi connectivity index (χ0n) is 21.9. The number of likely N-dealkylation sites (tertiary alicyclic amines) is 1. The molecular formula is C27H31IN8O3. The molecule has 1 aliphatic rings. The van der Waals surface area contributed by atoms with E-state index in [1.165, 1.54) is 6.20 Å². The van der Waals surface area contributed by atoms with Crippen molar-refractivity contribution in [3.8, 4) is 5.69 Å². The number of benzene rings is 2. The molecule has 0 radical (unpaired) electrons. The number of nitrogens with zero attached hydrogens (tertiary/aromatic N) is 5. The molecule has 0 spiro atoms. The van der Waals surface area contributed by atoms with Gasteiger partial charge in [-0.3, -0.25) is 9.36 Å². The molecule has 11 nitrogen and oxygen atoms in total. The number of anilines is 1. The van der Waals surface area contributed by atoms with Gasteiger partial charge in [0.1, 0.15) is 0 Å². The molecule has 5 rings (SSSR count). The van der Waals surface area contributed by atoms with Crippen LogP contribution in [0.15, 0.2) is 59.7 Å². The molecule has 1 fully saturated rings. The first-order valence-electron chi connectivity index (χ1n) is 12.8. The lowest BCUT2D eigenvalue weighted by Crippen LogP contribution is -2.42. The number of fused-ring (bicyclic) bond motifs is 1. The lowest BCUT2D eigenvalue weighted by atomic mass is 10.0. The van der Waals surface area contributed by atoms with Gasteiger partial charge in [0.25, 0.3) is 5.91 Å². The van der Waals surface area contributed by atoms with Crippen molar-refractivity contribution in [2.45, 2.75) is 18.9 Å². The topological polar surface area (TPSA) is 120 Å². The standard InChI is InChI=1S/C27H31IN8O3/c1-33(2)15-12-29-25(37)18-16-30-35(17-18)22-4-3-5-23-24(22)32-27(39)36(23)21-10-13-34(14-11-21)26(38)31-20-8-6-19(28)7-9-20/h3-9,16-17,21H,10-15H2,1-2H3,(H,29,37)(H,31,38)(H,32,39). The first-order valence-corrected chi connectivity index (χ1v) is 13.9. The second-order valence-electron chi connectivity index (χ2n) is 9.86. The summed E-state index contributed by atoms with van der Waals surface area (Å²) < 4.78 is 4.50. The Labute approximate surface area is 239 Å². The number of para-hydroxylation sites is 1. The van der Waals surface area contributed by atoms with Gasteiger partial charge in [0.15, 0.2) is 0 Å². The fraction of sp³-hybridized carbons (Fsp3) is 0.333. The minimum Gasteiger partial charge on any atom is -0.351 e. The summed E-state index contributed by atoms with van der Waals surface area (Å²) in [5.74, 6) is -0.195.